The Morgan fingerprint density at radius 1 is 0.935 bits per heavy atom. The first-order valence-corrected chi connectivity index (χ1v) is 12.2. The molecule has 2 saturated heterocycles. The zero-order valence-corrected chi connectivity index (χ0v) is 18.9. The molecule has 4 heteroatoms. The molecule has 3 heterocycles. The van der Waals surface area contributed by atoms with Crippen molar-refractivity contribution < 1.29 is 9.47 Å². The second-order valence-corrected chi connectivity index (χ2v) is 9.43. The summed E-state index contributed by atoms with van der Waals surface area (Å²) in [4.78, 5) is 5.06. The van der Waals surface area contributed by atoms with E-state index in [0.717, 1.165) is 51.3 Å². The fourth-order valence-electron chi connectivity index (χ4n) is 5.66. The Bertz CT molecular complexity index is 852. The molecule has 3 aliphatic rings. The van der Waals surface area contributed by atoms with Gasteiger partial charge in [-0.3, -0.25) is 0 Å². The molecule has 0 aliphatic carbocycles. The zero-order valence-electron chi connectivity index (χ0n) is 18.9. The highest BCUT2D eigenvalue weighted by molar-refractivity contribution is 5.50. The van der Waals surface area contributed by atoms with Gasteiger partial charge in [-0.1, -0.05) is 30.7 Å². The van der Waals surface area contributed by atoms with Crippen molar-refractivity contribution in [1.82, 2.24) is 4.90 Å². The summed E-state index contributed by atoms with van der Waals surface area (Å²) in [6.45, 7) is 8.73. The molecule has 2 aromatic rings. The Labute approximate surface area is 187 Å². The molecule has 1 spiro atoms. The van der Waals surface area contributed by atoms with Crippen LogP contribution in [0.5, 0.6) is 5.75 Å². The second-order valence-electron chi connectivity index (χ2n) is 9.43. The predicted octanol–water partition coefficient (Wildman–Crippen LogP) is 5.53. The van der Waals surface area contributed by atoms with Gasteiger partial charge >= 0.3 is 0 Å². The average Bonchev–Trinajstić information content (AvgIpc) is 3.10. The molecule has 0 N–H and O–H groups in total. The van der Waals surface area contributed by atoms with Crippen LogP contribution in [0, 0.1) is 0 Å². The second kappa shape index (κ2) is 9.22. The first kappa shape index (κ1) is 20.8. The topological polar surface area (TPSA) is 24.9 Å². The summed E-state index contributed by atoms with van der Waals surface area (Å²) < 4.78 is 12.5. The molecule has 3 aliphatic heterocycles. The monoisotopic (exact) mass is 420 g/mol. The first-order chi connectivity index (χ1) is 15.2. The molecule has 4 nitrogen and oxygen atoms in total. The smallest absolute Gasteiger partial charge is 0.119 e. The van der Waals surface area contributed by atoms with Crippen LogP contribution >= 0.6 is 0 Å². The van der Waals surface area contributed by atoms with Gasteiger partial charge in [0.15, 0.2) is 0 Å². The minimum Gasteiger partial charge on any atom is -0.494 e. The number of ether oxygens (including phenoxy) is 2. The standard InChI is InChI=1S/C27H36N2O2/c1-22-25-8-3-4-9-26(25)27(31-22)14-19-29(20-15-27)23-10-12-24(13-11-23)30-21-7-18-28-16-5-2-6-17-28/h3-4,8-13,22H,2,5-7,14-21H2,1H3. The molecule has 0 aromatic heterocycles. The molecular weight excluding hydrogens is 384 g/mol. The molecular formula is C27H36N2O2. The van der Waals surface area contributed by atoms with Crippen LogP contribution in [0.1, 0.15) is 62.7 Å². The maximum atomic E-state index is 6.51. The van der Waals surface area contributed by atoms with Crippen LogP contribution in [-0.4, -0.2) is 44.2 Å². The van der Waals surface area contributed by atoms with E-state index in [1.165, 1.54) is 49.2 Å². The molecule has 0 radical (unpaired) electrons. The van der Waals surface area contributed by atoms with E-state index in [1.807, 2.05) is 0 Å². The normalized spacial score (nSPS) is 23.1. The van der Waals surface area contributed by atoms with Gasteiger partial charge in [0.05, 0.1) is 18.3 Å². The van der Waals surface area contributed by atoms with Crippen molar-refractivity contribution >= 4 is 5.69 Å². The summed E-state index contributed by atoms with van der Waals surface area (Å²) in [5.41, 5.74) is 3.98. The van der Waals surface area contributed by atoms with E-state index in [-0.39, 0.29) is 11.7 Å². The molecule has 166 valence electrons. The van der Waals surface area contributed by atoms with Gasteiger partial charge in [-0.15, -0.1) is 0 Å². The average molecular weight is 421 g/mol. The van der Waals surface area contributed by atoms with Gasteiger partial charge in [0.1, 0.15) is 5.75 Å². The van der Waals surface area contributed by atoms with Crippen molar-refractivity contribution in [3.63, 3.8) is 0 Å². The number of benzene rings is 2. The van der Waals surface area contributed by atoms with Gasteiger partial charge in [-0.05, 0) is 87.5 Å². The van der Waals surface area contributed by atoms with Crippen molar-refractivity contribution in [1.29, 1.82) is 0 Å². The third-order valence-electron chi connectivity index (χ3n) is 7.40. The maximum Gasteiger partial charge on any atom is 0.119 e. The zero-order chi connectivity index (χ0) is 21.1. The lowest BCUT2D eigenvalue weighted by atomic mass is 9.83. The van der Waals surface area contributed by atoms with Crippen molar-refractivity contribution in [2.24, 2.45) is 0 Å². The third-order valence-corrected chi connectivity index (χ3v) is 7.40. The van der Waals surface area contributed by atoms with E-state index >= 15 is 0 Å². The highest BCUT2D eigenvalue weighted by Gasteiger charge is 2.45. The Balaban J connectivity index is 1.11. The molecule has 1 unspecified atom stereocenters. The van der Waals surface area contributed by atoms with Crippen LogP contribution in [0.2, 0.25) is 0 Å². The number of nitrogens with zero attached hydrogens (tertiary/aromatic N) is 2. The summed E-state index contributed by atoms with van der Waals surface area (Å²) in [7, 11) is 0. The molecule has 2 aromatic carbocycles. The summed E-state index contributed by atoms with van der Waals surface area (Å²) in [6.07, 6.45) is 7.52. The molecule has 5 rings (SSSR count). The Kier molecular flexibility index (Phi) is 6.20. The van der Waals surface area contributed by atoms with Gasteiger partial charge in [-0.25, -0.2) is 0 Å². The molecule has 1 atom stereocenters. The van der Waals surface area contributed by atoms with Crippen LogP contribution in [0.15, 0.2) is 48.5 Å². The van der Waals surface area contributed by atoms with Crippen molar-refractivity contribution in [3.05, 3.63) is 59.7 Å². The molecule has 31 heavy (non-hydrogen) atoms. The fourth-order valence-corrected chi connectivity index (χ4v) is 5.66. The number of fused-ring (bicyclic) bond motifs is 2. The van der Waals surface area contributed by atoms with Crippen LogP contribution in [0.3, 0.4) is 0 Å². The predicted molar refractivity (Wildman–Crippen MR) is 126 cm³/mol. The minimum absolute atomic E-state index is 0.0933. The lowest BCUT2D eigenvalue weighted by Crippen LogP contribution is -2.42. The molecule has 0 amide bonds. The number of hydrogen-bond donors (Lipinski definition) is 0. The van der Waals surface area contributed by atoms with Gasteiger partial charge in [0, 0.05) is 25.3 Å². The van der Waals surface area contributed by atoms with E-state index < -0.39 is 0 Å². The van der Waals surface area contributed by atoms with Gasteiger partial charge in [0.25, 0.3) is 0 Å². The quantitative estimate of drug-likeness (QED) is 0.574. The first-order valence-electron chi connectivity index (χ1n) is 12.2. The van der Waals surface area contributed by atoms with Crippen molar-refractivity contribution in [2.45, 2.75) is 57.2 Å². The summed E-state index contributed by atoms with van der Waals surface area (Å²) >= 11 is 0. The number of hydrogen-bond acceptors (Lipinski definition) is 4. The van der Waals surface area contributed by atoms with Gasteiger partial charge in [-0.2, -0.15) is 0 Å². The summed E-state index contributed by atoms with van der Waals surface area (Å²) in [5, 5.41) is 0. The summed E-state index contributed by atoms with van der Waals surface area (Å²) in [5.74, 6) is 0.984. The highest BCUT2D eigenvalue weighted by atomic mass is 16.5. The van der Waals surface area contributed by atoms with Crippen LogP contribution in [0.4, 0.5) is 5.69 Å². The number of piperidine rings is 2. The lowest BCUT2D eigenvalue weighted by molar-refractivity contribution is -0.0842. The van der Waals surface area contributed by atoms with E-state index in [9.17, 15) is 0 Å². The van der Waals surface area contributed by atoms with E-state index in [2.05, 4.69) is 65.3 Å². The van der Waals surface area contributed by atoms with Crippen LogP contribution in [0.25, 0.3) is 0 Å². The van der Waals surface area contributed by atoms with Crippen LogP contribution in [-0.2, 0) is 10.3 Å². The Morgan fingerprint density at radius 3 is 2.45 bits per heavy atom. The molecule has 2 fully saturated rings. The highest BCUT2D eigenvalue weighted by Crippen LogP contribution is 2.49. The van der Waals surface area contributed by atoms with E-state index in [1.54, 1.807) is 0 Å². The molecule has 0 bridgehead atoms. The van der Waals surface area contributed by atoms with Crippen molar-refractivity contribution in [2.75, 3.05) is 44.2 Å². The lowest BCUT2D eigenvalue weighted by Gasteiger charge is -2.40. The molecule has 0 saturated carbocycles. The number of likely N-dealkylation sites (tertiary alicyclic amines) is 1. The van der Waals surface area contributed by atoms with Crippen LogP contribution < -0.4 is 9.64 Å². The van der Waals surface area contributed by atoms with Gasteiger partial charge < -0.3 is 19.3 Å². The largest absolute Gasteiger partial charge is 0.494 e. The maximum absolute atomic E-state index is 6.51. The number of rotatable bonds is 6. The van der Waals surface area contributed by atoms with E-state index in [4.69, 9.17) is 9.47 Å². The van der Waals surface area contributed by atoms with Gasteiger partial charge in [0.2, 0.25) is 0 Å². The number of anilines is 1. The van der Waals surface area contributed by atoms with E-state index in [0.29, 0.717) is 0 Å². The van der Waals surface area contributed by atoms with Crippen molar-refractivity contribution in [3.8, 4) is 5.75 Å². The fraction of sp³-hybridized carbons (Fsp3) is 0.556. The Hall–Kier alpha value is -2.04. The SMILES string of the molecule is CC1OC2(CCN(c3ccc(OCCCN4CCCCC4)cc3)CC2)c2ccccc21. The Morgan fingerprint density at radius 2 is 1.68 bits per heavy atom. The minimum atomic E-state index is -0.0933. The third kappa shape index (κ3) is 4.47. The summed E-state index contributed by atoms with van der Waals surface area (Å²) in [6, 6.07) is 17.5.